The molecule has 1 fully saturated rings. The Hall–Kier alpha value is -3.79. The molecule has 10 heteroatoms. The number of nitro benzene ring substituents is 1. The van der Waals surface area contributed by atoms with E-state index in [1.54, 1.807) is 15.5 Å². The van der Waals surface area contributed by atoms with Gasteiger partial charge in [-0.15, -0.1) is 0 Å². The van der Waals surface area contributed by atoms with Gasteiger partial charge in [0.15, 0.2) is 0 Å². The number of rotatable bonds is 7. The van der Waals surface area contributed by atoms with Crippen LogP contribution in [0.3, 0.4) is 0 Å². The number of aryl methyl sites for hydroxylation is 1. The number of nitrogens with zero attached hydrogens (tertiary/aromatic N) is 4. The summed E-state index contributed by atoms with van der Waals surface area (Å²) in [5.41, 5.74) is 2.06. The van der Waals surface area contributed by atoms with Gasteiger partial charge in [0.1, 0.15) is 0 Å². The topological polar surface area (TPSA) is 131 Å². The molecule has 0 radical (unpaired) electrons. The Balaban J connectivity index is 1.68. The second kappa shape index (κ2) is 8.52. The Labute approximate surface area is 177 Å². The number of non-ortho nitro benzene ring substituents is 1. The zero-order valence-electron chi connectivity index (χ0n) is 16.7. The summed E-state index contributed by atoms with van der Waals surface area (Å²) in [6.45, 7) is 1.05. The van der Waals surface area contributed by atoms with Crippen molar-refractivity contribution >= 4 is 40.2 Å². The minimum atomic E-state index is -0.561. The highest BCUT2D eigenvalue weighted by Gasteiger charge is 2.23. The van der Waals surface area contributed by atoms with Gasteiger partial charge in [0.05, 0.1) is 16.0 Å². The number of nitro groups is 1. The molecule has 2 amide bonds. The molecule has 2 N–H and O–H groups in total. The van der Waals surface area contributed by atoms with Gasteiger partial charge < -0.3 is 14.6 Å². The summed E-state index contributed by atoms with van der Waals surface area (Å²) in [6.07, 6.45) is 1.79. The molecule has 1 aliphatic rings. The quantitative estimate of drug-likeness (QED) is 0.444. The van der Waals surface area contributed by atoms with E-state index in [9.17, 15) is 24.8 Å². The van der Waals surface area contributed by atoms with E-state index in [2.05, 4.69) is 10.3 Å². The normalized spacial score (nSPS) is 13.7. The van der Waals surface area contributed by atoms with Gasteiger partial charge in [-0.1, -0.05) is 6.07 Å². The summed E-state index contributed by atoms with van der Waals surface area (Å²) >= 11 is 0. The molecule has 0 saturated carbocycles. The maximum atomic E-state index is 12.7. The number of fused-ring (bicyclic) bond motifs is 1. The van der Waals surface area contributed by atoms with Crippen molar-refractivity contribution in [1.29, 1.82) is 0 Å². The lowest BCUT2D eigenvalue weighted by atomic mass is 10.2. The van der Waals surface area contributed by atoms with Gasteiger partial charge in [0.25, 0.3) is 11.6 Å². The van der Waals surface area contributed by atoms with Gasteiger partial charge in [0.2, 0.25) is 11.9 Å². The van der Waals surface area contributed by atoms with Crippen molar-refractivity contribution in [2.24, 2.45) is 0 Å². The van der Waals surface area contributed by atoms with Crippen LogP contribution >= 0.6 is 0 Å². The number of aliphatic hydroxyl groups is 1. The number of carbonyl (C=O) groups excluding carboxylic acids is 2. The lowest BCUT2D eigenvalue weighted by molar-refractivity contribution is -0.384. The molecule has 2 aromatic carbocycles. The Morgan fingerprint density at radius 1 is 1.26 bits per heavy atom. The van der Waals surface area contributed by atoms with Crippen molar-refractivity contribution in [3.8, 4) is 0 Å². The number of nitrogens with one attached hydrogen (secondary N) is 1. The summed E-state index contributed by atoms with van der Waals surface area (Å²) in [6, 6.07) is 10.9. The van der Waals surface area contributed by atoms with Gasteiger partial charge in [-0.2, -0.15) is 0 Å². The first kappa shape index (κ1) is 20.5. The molecule has 4 rings (SSSR count). The van der Waals surface area contributed by atoms with Crippen LogP contribution in [0.5, 0.6) is 0 Å². The molecule has 1 aliphatic heterocycles. The fourth-order valence-electron chi connectivity index (χ4n) is 3.69. The number of aliphatic hydroxyl groups excluding tert-OH is 1. The predicted octanol–water partition coefficient (Wildman–Crippen LogP) is 2.71. The van der Waals surface area contributed by atoms with Crippen molar-refractivity contribution < 1.29 is 19.6 Å². The number of hydrogen-bond acceptors (Lipinski definition) is 6. The Morgan fingerprint density at radius 2 is 2.10 bits per heavy atom. The molecule has 2 heterocycles. The molecule has 10 nitrogen and oxygen atoms in total. The average Bonchev–Trinajstić information content (AvgIpc) is 3.34. The Kier molecular flexibility index (Phi) is 5.63. The first-order chi connectivity index (χ1) is 15.0. The van der Waals surface area contributed by atoms with Crippen molar-refractivity contribution in [2.45, 2.75) is 25.8 Å². The van der Waals surface area contributed by atoms with Gasteiger partial charge >= 0.3 is 0 Å². The molecule has 3 aromatic rings. The smallest absolute Gasteiger partial charge is 0.270 e. The number of anilines is 2. The lowest BCUT2D eigenvalue weighted by Gasteiger charge is -2.15. The van der Waals surface area contributed by atoms with Crippen LogP contribution in [0.15, 0.2) is 42.5 Å². The molecule has 1 aromatic heterocycles. The Bertz CT molecular complexity index is 1170. The zero-order chi connectivity index (χ0) is 22.0. The minimum absolute atomic E-state index is 0.0295. The fourth-order valence-corrected chi connectivity index (χ4v) is 3.69. The first-order valence-corrected chi connectivity index (χ1v) is 9.95. The van der Waals surface area contributed by atoms with E-state index >= 15 is 0 Å². The predicted molar refractivity (Wildman–Crippen MR) is 114 cm³/mol. The second-order valence-electron chi connectivity index (χ2n) is 7.25. The molecule has 160 valence electrons. The molecule has 0 unspecified atom stereocenters. The summed E-state index contributed by atoms with van der Waals surface area (Å²) in [7, 11) is 0. The number of amides is 2. The molecule has 0 spiro atoms. The molecule has 1 saturated heterocycles. The number of carbonyl (C=O) groups is 2. The first-order valence-electron chi connectivity index (χ1n) is 9.95. The van der Waals surface area contributed by atoms with Crippen molar-refractivity contribution in [3.63, 3.8) is 0 Å². The fraction of sp³-hybridized carbons (Fsp3) is 0.286. The van der Waals surface area contributed by atoms with Gasteiger partial charge in [-0.25, -0.2) is 4.98 Å². The van der Waals surface area contributed by atoms with Gasteiger partial charge in [0, 0.05) is 49.5 Å². The monoisotopic (exact) mass is 423 g/mol. The third-order valence-electron chi connectivity index (χ3n) is 5.20. The summed E-state index contributed by atoms with van der Waals surface area (Å²) in [5, 5.41) is 23.0. The zero-order valence-corrected chi connectivity index (χ0v) is 16.7. The van der Waals surface area contributed by atoms with Crippen LogP contribution in [0.2, 0.25) is 0 Å². The SMILES string of the molecule is O=C(Nc1nc2cc(N3CCCC3=O)ccc2n1CCCO)c1cccc([N+](=O)[O-])c1. The highest BCUT2D eigenvalue weighted by molar-refractivity contribution is 6.04. The minimum Gasteiger partial charge on any atom is -0.396 e. The van der Waals surface area contributed by atoms with Crippen LogP contribution in [0, 0.1) is 10.1 Å². The summed E-state index contributed by atoms with van der Waals surface area (Å²) in [4.78, 5) is 41.5. The third-order valence-corrected chi connectivity index (χ3v) is 5.20. The number of hydrogen-bond donors (Lipinski definition) is 2. The van der Waals surface area contributed by atoms with Crippen LogP contribution in [0.4, 0.5) is 17.3 Å². The van der Waals surface area contributed by atoms with E-state index in [0.29, 0.717) is 31.4 Å². The van der Waals surface area contributed by atoms with Crippen LogP contribution in [-0.2, 0) is 11.3 Å². The number of benzene rings is 2. The highest BCUT2D eigenvalue weighted by atomic mass is 16.6. The van der Waals surface area contributed by atoms with E-state index in [-0.39, 0.29) is 29.7 Å². The lowest BCUT2D eigenvalue weighted by Crippen LogP contribution is -2.23. The van der Waals surface area contributed by atoms with Crippen LogP contribution in [0.1, 0.15) is 29.6 Å². The third kappa shape index (κ3) is 4.10. The summed E-state index contributed by atoms with van der Waals surface area (Å²) in [5.74, 6) is -0.192. The largest absolute Gasteiger partial charge is 0.396 e. The molecular weight excluding hydrogens is 402 g/mol. The molecule has 0 bridgehead atoms. The molecular formula is C21H21N5O5. The Morgan fingerprint density at radius 3 is 2.81 bits per heavy atom. The van der Waals surface area contributed by atoms with Gasteiger partial charge in [-0.3, -0.25) is 25.0 Å². The highest BCUT2D eigenvalue weighted by Crippen LogP contribution is 2.28. The van der Waals surface area contributed by atoms with E-state index < -0.39 is 10.8 Å². The second-order valence-corrected chi connectivity index (χ2v) is 7.25. The van der Waals surface area contributed by atoms with Crippen molar-refractivity contribution in [1.82, 2.24) is 9.55 Å². The molecule has 0 atom stereocenters. The van der Waals surface area contributed by atoms with E-state index in [0.717, 1.165) is 17.6 Å². The molecule has 31 heavy (non-hydrogen) atoms. The summed E-state index contributed by atoms with van der Waals surface area (Å²) < 4.78 is 1.77. The van der Waals surface area contributed by atoms with E-state index in [1.807, 2.05) is 12.1 Å². The van der Waals surface area contributed by atoms with Crippen molar-refractivity contribution in [2.75, 3.05) is 23.4 Å². The maximum absolute atomic E-state index is 12.7. The standard InChI is InChI=1S/C21H21N5O5/c27-11-3-10-25-18-8-7-15(24-9-2-6-19(24)28)13-17(18)22-21(25)23-20(29)14-4-1-5-16(12-14)26(30)31/h1,4-5,7-8,12-13,27H,2-3,6,9-11H2,(H,22,23,29). The number of imidazole rings is 1. The van der Waals surface area contributed by atoms with Crippen LogP contribution in [-0.4, -0.2) is 44.5 Å². The van der Waals surface area contributed by atoms with Crippen molar-refractivity contribution in [3.05, 3.63) is 58.1 Å². The van der Waals surface area contributed by atoms with Gasteiger partial charge in [-0.05, 0) is 37.1 Å². The van der Waals surface area contributed by atoms with Crippen LogP contribution < -0.4 is 10.2 Å². The maximum Gasteiger partial charge on any atom is 0.270 e. The van der Waals surface area contributed by atoms with E-state index in [1.165, 1.54) is 24.3 Å². The van der Waals surface area contributed by atoms with Crippen LogP contribution in [0.25, 0.3) is 11.0 Å². The van der Waals surface area contributed by atoms with E-state index in [4.69, 9.17) is 0 Å². The number of aromatic nitrogens is 2. The molecule has 0 aliphatic carbocycles. The average molecular weight is 423 g/mol.